The Labute approximate surface area is 187 Å². The van der Waals surface area contributed by atoms with E-state index in [0.29, 0.717) is 36.1 Å². The molecule has 1 aromatic carbocycles. The average Bonchev–Trinajstić information content (AvgIpc) is 3.42. The van der Waals surface area contributed by atoms with E-state index in [1.165, 1.54) is 29.8 Å². The zero-order valence-electron chi connectivity index (χ0n) is 17.8. The molecule has 4 aromatic rings. The number of amides is 2. The summed E-state index contributed by atoms with van der Waals surface area (Å²) in [7, 11) is 1.34. The summed E-state index contributed by atoms with van der Waals surface area (Å²) >= 11 is 0. The number of carbonyl (C=O) groups excluding carboxylic acids is 2. The van der Waals surface area contributed by atoms with Crippen molar-refractivity contribution in [1.29, 1.82) is 0 Å². The van der Waals surface area contributed by atoms with Crippen molar-refractivity contribution in [3.8, 4) is 11.4 Å². The molecule has 0 spiro atoms. The maximum Gasteiger partial charge on any atom is 0.409 e. The van der Waals surface area contributed by atoms with E-state index >= 15 is 0 Å². The topological polar surface area (TPSA) is 115 Å². The Morgan fingerprint density at radius 2 is 2.09 bits per heavy atom. The van der Waals surface area contributed by atoms with Crippen molar-refractivity contribution in [3.05, 3.63) is 65.7 Å². The lowest BCUT2D eigenvalue weighted by molar-refractivity contribution is 0.0804. The van der Waals surface area contributed by atoms with Gasteiger partial charge in [-0.25, -0.2) is 14.2 Å². The predicted octanol–water partition coefficient (Wildman–Crippen LogP) is 3.25. The van der Waals surface area contributed by atoms with E-state index in [1.807, 2.05) is 19.1 Å². The fourth-order valence-corrected chi connectivity index (χ4v) is 3.66. The van der Waals surface area contributed by atoms with Gasteiger partial charge >= 0.3 is 6.09 Å². The molecular weight excluding hydrogens is 431 g/mol. The molecule has 10 nitrogen and oxygen atoms in total. The molecule has 33 heavy (non-hydrogen) atoms. The number of imidazole rings is 1. The van der Waals surface area contributed by atoms with Crippen LogP contribution in [0.25, 0.3) is 17.0 Å². The number of aryl methyl sites for hydroxylation is 1. The minimum atomic E-state index is -0.510. The largest absolute Gasteiger partial charge is 0.453 e. The summed E-state index contributed by atoms with van der Waals surface area (Å²) < 4.78 is 25.4. The molecule has 1 fully saturated rings. The second kappa shape index (κ2) is 8.01. The zero-order valence-corrected chi connectivity index (χ0v) is 17.8. The first-order chi connectivity index (χ1) is 15.9. The molecule has 1 aliphatic rings. The molecule has 2 amide bonds. The van der Waals surface area contributed by atoms with Crippen LogP contribution in [-0.2, 0) is 4.74 Å². The van der Waals surface area contributed by atoms with Crippen LogP contribution in [0, 0.1) is 12.7 Å². The number of benzene rings is 1. The highest BCUT2D eigenvalue weighted by molar-refractivity contribution is 6.04. The van der Waals surface area contributed by atoms with Gasteiger partial charge in [-0.15, -0.1) is 0 Å². The number of hydrogen-bond donors (Lipinski definition) is 1. The maximum absolute atomic E-state index is 13.9. The van der Waals surface area contributed by atoms with Crippen molar-refractivity contribution in [1.82, 2.24) is 24.4 Å². The average molecular weight is 450 g/mol. The molecule has 0 bridgehead atoms. The third-order valence-corrected chi connectivity index (χ3v) is 5.57. The van der Waals surface area contributed by atoms with Gasteiger partial charge in [-0.05, 0) is 30.7 Å². The smallest absolute Gasteiger partial charge is 0.409 e. The Balaban J connectivity index is 1.35. The fraction of sp³-hybridized carbons (Fsp3) is 0.227. The highest BCUT2D eigenvalue weighted by Crippen LogP contribution is 2.29. The number of fused-ring (bicyclic) bond motifs is 1. The molecule has 0 unspecified atom stereocenters. The number of rotatable bonds is 4. The molecule has 0 saturated carbocycles. The standard InChI is InChI=1S/C22H19FN6O4/c1-12-5-6-13(18-26-21(33-27-18)14-10-28(11-14)22(31)32-2)8-16(12)25-20(30)17-9-24-19-15(23)4-3-7-29(17)19/h3-9,14H,10-11H2,1-2H3,(H,25,30). The molecule has 1 aliphatic heterocycles. The van der Waals surface area contributed by atoms with E-state index in [4.69, 9.17) is 4.52 Å². The summed E-state index contributed by atoms with van der Waals surface area (Å²) in [5, 5.41) is 6.89. The van der Waals surface area contributed by atoms with Gasteiger partial charge in [0.05, 0.1) is 19.2 Å². The first-order valence-corrected chi connectivity index (χ1v) is 10.1. The van der Waals surface area contributed by atoms with Gasteiger partial charge < -0.3 is 19.5 Å². The quantitative estimate of drug-likeness (QED) is 0.507. The van der Waals surface area contributed by atoms with Crippen LogP contribution in [-0.4, -0.2) is 56.6 Å². The number of nitrogens with zero attached hydrogens (tertiary/aromatic N) is 5. The van der Waals surface area contributed by atoms with Gasteiger partial charge in [-0.1, -0.05) is 17.3 Å². The third kappa shape index (κ3) is 3.67. The summed E-state index contributed by atoms with van der Waals surface area (Å²) in [6.07, 6.45) is 2.51. The van der Waals surface area contributed by atoms with Crippen LogP contribution in [0.1, 0.15) is 27.9 Å². The number of carbonyl (C=O) groups is 2. The van der Waals surface area contributed by atoms with E-state index < -0.39 is 17.8 Å². The lowest BCUT2D eigenvalue weighted by Crippen LogP contribution is -2.48. The molecule has 11 heteroatoms. The molecule has 0 aliphatic carbocycles. The molecular formula is C22H19FN6O4. The van der Waals surface area contributed by atoms with Crippen molar-refractivity contribution in [2.45, 2.75) is 12.8 Å². The Morgan fingerprint density at radius 1 is 1.27 bits per heavy atom. The normalized spacial score (nSPS) is 13.7. The van der Waals surface area contributed by atoms with Crippen LogP contribution in [0.5, 0.6) is 0 Å². The molecule has 4 heterocycles. The van der Waals surface area contributed by atoms with Crippen LogP contribution in [0.4, 0.5) is 14.9 Å². The number of nitrogens with one attached hydrogen (secondary N) is 1. The fourth-order valence-electron chi connectivity index (χ4n) is 3.66. The van der Waals surface area contributed by atoms with E-state index in [2.05, 4.69) is 25.2 Å². The van der Waals surface area contributed by atoms with Gasteiger partial charge in [-0.2, -0.15) is 4.98 Å². The van der Waals surface area contributed by atoms with Gasteiger partial charge in [0.2, 0.25) is 11.7 Å². The predicted molar refractivity (Wildman–Crippen MR) is 114 cm³/mol. The van der Waals surface area contributed by atoms with E-state index in [0.717, 1.165) is 5.56 Å². The van der Waals surface area contributed by atoms with E-state index in [9.17, 15) is 14.0 Å². The highest BCUT2D eigenvalue weighted by atomic mass is 19.1. The number of pyridine rings is 1. The Bertz CT molecular complexity index is 1370. The van der Waals surface area contributed by atoms with E-state index in [-0.39, 0.29) is 17.3 Å². The van der Waals surface area contributed by atoms with Gasteiger partial charge in [0.25, 0.3) is 5.91 Å². The van der Waals surface area contributed by atoms with Crippen LogP contribution >= 0.6 is 0 Å². The monoisotopic (exact) mass is 450 g/mol. The third-order valence-electron chi connectivity index (χ3n) is 5.57. The Hall–Kier alpha value is -4.28. The van der Waals surface area contributed by atoms with Gasteiger partial charge in [0.1, 0.15) is 5.69 Å². The van der Waals surface area contributed by atoms with Crippen molar-refractivity contribution < 1.29 is 23.2 Å². The second-order valence-corrected chi connectivity index (χ2v) is 7.71. The number of anilines is 1. The molecule has 168 valence electrons. The lowest BCUT2D eigenvalue weighted by atomic mass is 10.0. The number of ether oxygens (including phenoxy) is 1. The molecule has 0 atom stereocenters. The number of likely N-dealkylation sites (tertiary alicyclic amines) is 1. The number of aromatic nitrogens is 4. The molecule has 3 aromatic heterocycles. The SMILES string of the molecule is COC(=O)N1CC(c2nc(-c3ccc(C)c(NC(=O)c4cnc5c(F)cccn45)c3)no2)C1. The summed E-state index contributed by atoms with van der Waals surface area (Å²) in [5.74, 6) is -0.188. The molecule has 5 rings (SSSR count). The van der Waals surface area contributed by atoms with Crippen molar-refractivity contribution in [2.24, 2.45) is 0 Å². The first kappa shape index (κ1) is 20.6. The number of halogens is 1. The molecule has 1 N–H and O–H groups in total. The van der Waals surface area contributed by atoms with Crippen LogP contribution in [0.15, 0.2) is 47.2 Å². The zero-order chi connectivity index (χ0) is 23.1. The van der Waals surface area contributed by atoms with Gasteiger partial charge in [-0.3, -0.25) is 9.20 Å². The lowest BCUT2D eigenvalue weighted by Gasteiger charge is -2.35. The van der Waals surface area contributed by atoms with Gasteiger partial charge in [0.15, 0.2) is 11.5 Å². The Morgan fingerprint density at radius 3 is 2.88 bits per heavy atom. The van der Waals surface area contributed by atoms with Gasteiger partial charge in [0, 0.05) is 30.5 Å². The molecule has 1 saturated heterocycles. The van der Waals surface area contributed by atoms with Crippen LogP contribution in [0.2, 0.25) is 0 Å². The summed E-state index contributed by atoms with van der Waals surface area (Å²) in [6, 6.07) is 8.19. The maximum atomic E-state index is 13.9. The highest BCUT2D eigenvalue weighted by Gasteiger charge is 2.36. The molecule has 0 radical (unpaired) electrons. The summed E-state index contributed by atoms with van der Waals surface area (Å²) in [4.78, 5) is 34.3. The number of hydrogen-bond acceptors (Lipinski definition) is 7. The number of methoxy groups -OCH3 is 1. The summed E-state index contributed by atoms with van der Waals surface area (Å²) in [5.41, 5.74) is 2.31. The van der Waals surface area contributed by atoms with Crippen molar-refractivity contribution >= 4 is 23.3 Å². The minimum absolute atomic E-state index is 0.0505. The Kier molecular flexibility index (Phi) is 5.00. The van der Waals surface area contributed by atoms with Crippen molar-refractivity contribution in [3.63, 3.8) is 0 Å². The van der Waals surface area contributed by atoms with Crippen molar-refractivity contribution in [2.75, 3.05) is 25.5 Å². The van der Waals surface area contributed by atoms with Crippen LogP contribution < -0.4 is 5.32 Å². The second-order valence-electron chi connectivity index (χ2n) is 7.71. The van der Waals surface area contributed by atoms with Crippen LogP contribution in [0.3, 0.4) is 0 Å². The van der Waals surface area contributed by atoms with E-state index in [1.54, 1.807) is 17.2 Å². The first-order valence-electron chi connectivity index (χ1n) is 10.1. The minimum Gasteiger partial charge on any atom is -0.453 e. The summed E-state index contributed by atoms with van der Waals surface area (Å²) in [6.45, 7) is 2.75.